The zero-order chi connectivity index (χ0) is 21.7. The Kier molecular flexibility index (Phi) is 6.43. The van der Waals surface area contributed by atoms with Gasteiger partial charge in [-0.25, -0.2) is 13.8 Å². The third-order valence-corrected chi connectivity index (χ3v) is 4.62. The van der Waals surface area contributed by atoms with Crippen molar-refractivity contribution >= 4 is 5.97 Å². The molecule has 0 saturated carbocycles. The monoisotopic (exact) mass is 407 g/mol. The fourth-order valence-electron chi connectivity index (χ4n) is 2.93. The summed E-state index contributed by atoms with van der Waals surface area (Å²) in [5.74, 6) is 1.18. The molecule has 0 saturated heterocycles. The molecule has 1 heterocycles. The van der Waals surface area contributed by atoms with Crippen LogP contribution in [-0.2, 0) is 22.6 Å². The number of hydrogen-bond donors (Lipinski definition) is 0. The number of benzene rings is 2. The quantitative estimate of drug-likeness (QED) is 0.442. The van der Waals surface area contributed by atoms with E-state index in [2.05, 4.69) is 15.6 Å². The zero-order valence-corrected chi connectivity index (χ0v) is 16.5. The first-order chi connectivity index (χ1) is 14.4. The fraction of sp³-hybridized carbons (Fsp3) is 0.167. The molecule has 0 radical (unpaired) electrons. The largest absolute Gasteiger partial charge is 0.473 e. The number of carbonyl (C=O) groups is 1. The van der Waals surface area contributed by atoms with Crippen LogP contribution in [0, 0.1) is 30.9 Å². The summed E-state index contributed by atoms with van der Waals surface area (Å²) in [7, 11) is 1.26. The van der Waals surface area contributed by atoms with Gasteiger partial charge in [0.25, 0.3) is 0 Å². The standard InChI is InChI=1S/C24H19F2NO3/c1-4-16-8-9-18(20(25)12-16)14-30-22-7-5-6-21(27-22)19-11-10-17(13-23(28)29-3)24(26)15(19)2/h1,5-12H,13-14H2,2-3H3. The Balaban J connectivity index is 1.81. The molecule has 0 aliphatic carbocycles. The number of carbonyl (C=O) groups excluding carboxylic acids is 1. The third-order valence-electron chi connectivity index (χ3n) is 4.62. The average molecular weight is 407 g/mol. The Morgan fingerprint density at radius 3 is 2.60 bits per heavy atom. The first-order valence-corrected chi connectivity index (χ1v) is 9.13. The highest BCUT2D eigenvalue weighted by atomic mass is 19.1. The lowest BCUT2D eigenvalue weighted by atomic mass is 9.99. The fourth-order valence-corrected chi connectivity index (χ4v) is 2.93. The summed E-state index contributed by atoms with van der Waals surface area (Å²) in [5, 5.41) is 0. The smallest absolute Gasteiger partial charge is 0.310 e. The van der Waals surface area contributed by atoms with Crippen LogP contribution < -0.4 is 4.74 Å². The van der Waals surface area contributed by atoms with E-state index in [4.69, 9.17) is 11.2 Å². The van der Waals surface area contributed by atoms with Crippen molar-refractivity contribution in [1.82, 2.24) is 4.98 Å². The summed E-state index contributed by atoms with van der Waals surface area (Å²) in [6, 6.07) is 12.8. The Hall–Kier alpha value is -3.72. The normalized spacial score (nSPS) is 10.4. The van der Waals surface area contributed by atoms with Gasteiger partial charge in [-0.15, -0.1) is 6.42 Å². The van der Waals surface area contributed by atoms with Gasteiger partial charge in [0, 0.05) is 22.8 Å². The van der Waals surface area contributed by atoms with Crippen LogP contribution in [0.25, 0.3) is 11.3 Å². The number of hydrogen-bond acceptors (Lipinski definition) is 4. The highest BCUT2D eigenvalue weighted by molar-refractivity contribution is 5.73. The molecule has 1 aromatic heterocycles. The van der Waals surface area contributed by atoms with Gasteiger partial charge < -0.3 is 9.47 Å². The molecule has 0 bridgehead atoms. The number of terminal acetylenes is 1. The van der Waals surface area contributed by atoms with Crippen molar-refractivity contribution in [2.75, 3.05) is 7.11 Å². The Bertz CT molecular complexity index is 1140. The van der Waals surface area contributed by atoms with Gasteiger partial charge in [0.05, 0.1) is 19.2 Å². The van der Waals surface area contributed by atoms with Crippen molar-refractivity contribution in [3.8, 4) is 29.5 Å². The number of nitrogens with zero attached hydrogens (tertiary/aromatic N) is 1. The van der Waals surface area contributed by atoms with Crippen LogP contribution in [0.15, 0.2) is 48.5 Å². The first-order valence-electron chi connectivity index (χ1n) is 9.13. The van der Waals surface area contributed by atoms with Crippen molar-refractivity contribution in [1.29, 1.82) is 0 Å². The highest BCUT2D eigenvalue weighted by Crippen LogP contribution is 2.27. The van der Waals surface area contributed by atoms with Gasteiger partial charge >= 0.3 is 5.97 Å². The first kappa shape index (κ1) is 21.0. The molecule has 0 aliphatic rings. The molecule has 0 amide bonds. The second-order valence-corrected chi connectivity index (χ2v) is 6.56. The van der Waals surface area contributed by atoms with E-state index in [1.807, 2.05) is 0 Å². The van der Waals surface area contributed by atoms with Crippen molar-refractivity contribution < 1.29 is 23.0 Å². The molecule has 30 heavy (non-hydrogen) atoms. The average Bonchev–Trinajstić information content (AvgIpc) is 2.76. The van der Waals surface area contributed by atoms with Gasteiger partial charge in [-0.3, -0.25) is 4.79 Å². The van der Waals surface area contributed by atoms with Crippen LogP contribution in [0.3, 0.4) is 0 Å². The van der Waals surface area contributed by atoms with Gasteiger partial charge in [-0.2, -0.15) is 0 Å². The predicted octanol–water partition coefficient (Wildman–Crippen LogP) is 4.61. The number of ether oxygens (including phenoxy) is 2. The molecular formula is C24H19F2NO3. The van der Waals surface area contributed by atoms with E-state index in [0.717, 1.165) is 0 Å². The molecule has 0 unspecified atom stereocenters. The summed E-state index contributed by atoms with van der Waals surface area (Å²) >= 11 is 0. The van der Waals surface area contributed by atoms with Crippen molar-refractivity contribution in [3.63, 3.8) is 0 Å². The van der Waals surface area contributed by atoms with Gasteiger partial charge in [-0.1, -0.05) is 30.2 Å². The van der Waals surface area contributed by atoms with Crippen LogP contribution in [0.1, 0.15) is 22.3 Å². The molecule has 2 aromatic carbocycles. The van der Waals surface area contributed by atoms with E-state index >= 15 is 0 Å². The highest BCUT2D eigenvalue weighted by Gasteiger charge is 2.15. The lowest BCUT2D eigenvalue weighted by Crippen LogP contribution is -2.07. The van der Waals surface area contributed by atoms with E-state index in [1.54, 1.807) is 43.3 Å². The maximum absolute atomic E-state index is 14.7. The van der Waals surface area contributed by atoms with E-state index in [1.165, 1.54) is 19.2 Å². The van der Waals surface area contributed by atoms with E-state index in [-0.39, 0.29) is 24.5 Å². The van der Waals surface area contributed by atoms with E-state index in [0.29, 0.717) is 27.9 Å². The topological polar surface area (TPSA) is 48.4 Å². The lowest BCUT2D eigenvalue weighted by Gasteiger charge is -2.12. The van der Waals surface area contributed by atoms with Gasteiger partial charge in [0.1, 0.15) is 18.2 Å². The summed E-state index contributed by atoms with van der Waals surface area (Å²) in [6.45, 7) is 1.58. The molecule has 0 aliphatic heterocycles. The van der Waals surface area contributed by atoms with Crippen LogP contribution in [0.5, 0.6) is 5.88 Å². The predicted molar refractivity (Wildman–Crippen MR) is 109 cm³/mol. The molecule has 0 fully saturated rings. The van der Waals surface area contributed by atoms with E-state index in [9.17, 15) is 13.6 Å². The molecule has 3 aromatic rings. The van der Waals surface area contributed by atoms with Crippen LogP contribution in [0.4, 0.5) is 8.78 Å². The number of esters is 1. The molecule has 0 N–H and O–H groups in total. The second kappa shape index (κ2) is 9.19. The molecule has 3 rings (SSSR count). The molecule has 6 heteroatoms. The Labute approximate surface area is 173 Å². The third kappa shape index (κ3) is 4.64. The van der Waals surface area contributed by atoms with Crippen molar-refractivity contribution in [3.05, 3.63) is 82.4 Å². The van der Waals surface area contributed by atoms with E-state index < -0.39 is 17.6 Å². The Morgan fingerprint density at radius 2 is 1.90 bits per heavy atom. The Morgan fingerprint density at radius 1 is 1.13 bits per heavy atom. The minimum absolute atomic E-state index is 0.0292. The zero-order valence-electron chi connectivity index (χ0n) is 16.5. The van der Waals surface area contributed by atoms with Crippen molar-refractivity contribution in [2.24, 2.45) is 0 Å². The number of halogens is 2. The number of pyridine rings is 1. The molecule has 4 nitrogen and oxygen atoms in total. The van der Waals surface area contributed by atoms with Gasteiger partial charge in [0.15, 0.2) is 0 Å². The minimum atomic E-state index is -0.517. The maximum Gasteiger partial charge on any atom is 0.310 e. The van der Waals surface area contributed by atoms with Crippen molar-refractivity contribution in [2.45, 2.75) is 20.0 Å². The van der Waals surface area contributed by atoms with Crippen LogP contribution >= 0.6 is 0 Å². The lowest BCUT2D eigenvalue weighted by molar-refractivity contribution is -0.139. The summed E-state index contributed by atoms with van der Waals surface area (Å²) < 4.78 is 39.0. The molecule has 152 valence electrons. The number of rotatable bonds is 6. The van der Waals surface area contributed by atoms with Gasteiger partial charge in [0.2, 0.25) is 5.88 Å². The summed E-state index contributed by atoms with van der Waals surface area (Å²) in [4.78, 5) is 15.8. The second-order valence-electron chi connectivity index (χ2n) is 6.56. The minimum Gasteiger partial charge on any atom is -0.473 e. The van der Waals surface area contributed by atoms with Gasteiger partial charge in [-0.05, 0) is 36.2 Å². The maximum atomic E-state index is 14.7. The summed E-state index contributed by atoms with van der Waals surface area (Å²) in [5.41, 5.74) is 2.46. The summed E-state index contributed by atoms with van der Waals surface area (Å²) in [6.07, 6.45) is 5.11. The van der Waals surface area contributed by atoms with Crippen LogP contribution in [0.2, 0.25) is 0 Å². The molecule has 0 atom stereocenters. The molecular weight excluding hydrogens is 388 g/mol. The number of aromatic nitrogens is 1. The van der Waals surface area contributed by atoms with Crippen LogP contribution in [-0.4, -0.2) is 18.1 Å². The number of methoxy groups -OCH3 is 1. The molecule has 0 spiro atoms. The SMILES string of the molecule is C#Cc1ccc(COc2cccc(-c3ccc(CC(=O)OC)c(F)c3C)n2)c(F)c1.